The van der Waals surface area contributed by atoms with Crippen LogP contribution >= 0.6 is 0 Å². The van der Waals surface area contributed by atoms with Crippen molar-refractivity contribution in [2.45, 2.75) is 19.1 Å². The zero-order chi connectivity index (χ0) is 15.5. The van der Waals surface area contributed by atoms with E-state index in [1.165, 1.54) is 0 Å². The van der Waals surface area contributed by atoms with Crippen molar-refractivity contribution >= 4 is 17.9 Å². The third-order valence-electron chi connectivity index (χ3n) is 3.94. The Labute approximate surface area is 127 Å². The summed E-state index contributed by atoms with van der Waals surface area (Å²) in [6.45, 7) is 0.155. The SMILES string of the molecule is O=C(N[C@H]1C=CC[C@H]2C(=O)NC(=O)[C@@H]12)OCc1ccccc1. The monoisotopic (exact) mass is 300 g/mol. The summed E-state index contributed by atoms with van der Waals surface area (Å²) < 4.78 is 5.14. The van der Waals surface area contributed by atoms with Gasteiger partial charge >= 0.3 is 6.09 Å². The Kier molecular flexibility index (Phi) is 3.91. The average molecular weight is 300 g/mol. The average Bonchev–Trinajstić information content (AvgIpc) is 2.82. The lowest BCUT2D eigenvalue weighted by atomic mass is 9.81. The molecular weight excluding hydrogens is 284 g/mol. The molecule has 1 aromatic carbocycles. The normalized spacial score (nSPS) is 26.3. The highest BCUT2D eigenvalue weighted by Gasteiger charge is 2.46. The lowest BCUT2D eigenvalue weighted by Crippen LogP contribution is -2.45. The van der Waals surface area contributed by atoms with Gasteiger partial charge in [-0.3, -0.25) is 14.9 Å². The van der Waals surface area contributed by atoms with Crippen molar-refractivity contribution in [3.05, 3.63) is 48.0 Å². The fraction of sp³-hybridized carbons (Fsp3) is 0.312. The molecule has 1 fully saturated rings. The number of nitrogens with one attached hydrogen (secondary N) is 2. The van der Waals surface area contributed by atoms with Crippen molar-refractivity contribution in [1.82, 2.24) is 10.6 Å². The number of imide groups is 1. The number of alkyl carbamates (subject to hydrolysis) is 1. The number of hydrogen-bond acceptors (Lipinski definition) is 4. The van der Waals surface area contributed by atoms with Crippen LogP contribution < -0.4 is 10.6 Å². The van der Waals surface area contributed by atoms with Gasteiger partial charge in [0, 0.05) is 0 Å². The molecule has 22 heavy (non-hydrogen) atoms. The van der Waals surface area contributed by atoms with Gasteiger partial charge in [-0.05, 0) is 12.0 Å². The Bertz CT molecular complexity index is 626. The molecule has 1 aliphatic carbocycles. The summed E-state index contributed by atoms with van der Waals surface area (Å²) in [5, 5.41) is 4.96. The molecule has 0 saturated carbocycles. The molecule has 0 spiro atoms. The van der Waals surface area contributed by atoms with Crippen molar-refractivity contribution in [1.29, 1.82) is 0 Å². The van der Waals surface area contributed by atoms with Gasteiger partial charge in [-0.1, -0.05) is 42.5 Å². The minimum atomic E-state index is -0.605. The fourth-order valence-corrected chi connectivity index (χ4v) is 2.84. The molecule has 2 aliphatic rings. The maximum Gasteiger partial charge on any atom is 0.407 e. The molecule has 3 atom stereocenters. The van der Waals surface area contributed by atoms with E-state index in [0.29, 0.717) is 6.42 Å². The highest BCUT2D eigenvalue weighted by molar-refractivity contribution is 6.06. The predicted octanol–water partition coefficient (Wildman–Crippen LogP) is 1.13. The van der Waals surface area contributed by atoms with Gasteiger partial charge in [0.25, 0.3) is 0 Å². The van der Waals surface area contributed by atoms with Crippen molar-refractivity contribution < 1.29 is 19.1 Å². The van der Waals surface area contributed by atoms with E-state index in [1.807, 2.05) is 36.4 Å². The predicted molar refractivity (Wildman–Crippen MR) is 77.4 cm³/mol. The Hall–Kier alpha value is -2.63. The van der Waals surface area contributed by atoms with Crippen LogP contribution in [0.1, 0.15) is 12.0 Å². The molecule has 1 aromatic rings. The molecule has 6 nitrogen and oxygen atoms in total. The Balaban J connectivity index is 1.59. The third kappa shape index (κ3) is 2.86. The second kappa shape index (κ2) is 6.01. The van der Waals surface area contributed by atoms with Crippen LogP contribution in [0.25, 0.3) is 0 Å². The number of carbonyl (C=O) groups excluding carboxylic acids is 3. The summed E-state index contributed by atoms with van der Waals surface area (Å²) in [4.78, 5) is 35.4. The van der Waals surface area contributed by atoms with E-state index in [1.54, 1.807) is 6.08 Å². The molecule has 3 rings (SSSR count). The highest BCUT2D eigenvalue weighted by atomic mass is 16.5. The number of rotatable bonds is 3. The van der Waals surface area contributed by atoms with E-state index in [4.69, 9.17) is 4.74 Å². The van der Waals surface area contributed by atoms with E-state index in [-0.39, 0.29) is 18.4 Å². The van der Waals surface area contributed by atoms with E-state index in [9.17, 15) is 14.4 Å². The number of allylic oxidation sites excluding steroid dienone is 1. The molecule has 0 aromatic heterocycles. The largest absolute Gasteiger partial charge is 0.445 e. The first-order chi connectivity index (χ1) is 10.6. The number of fused-ring (bicyclic) bond motifs is 1. The van der Waals surface area contributed by atoms with Crippen LogP contribution in [0.2, 0.25) is 0 Å². The van der Waals surface area contributed by atoms with E-state index in [2.05, 4.69) is 10.6 Å². The summed E-state index contributed by atoms with van der Waals surface area (Å²) in [6.07, 6.45) is 3.45. The summed E-state index contributed by atoms with van der Waals surface area (Å²) in [5.41, 5.74) is 0.878. The first kappa shape index (κ1) is 14.3. The quantitative estimate of drug-likeness (QED) is 0.647. The Morgan fingerprint density at radius 2 is 2.00 bits per heavy atom. The first-order valence-electron chi connectivity index (χ1n) is 7.14. The standard InChI is InChI=1S/C16H16N2O4/c19-14-11-7-4-8-12(13(11)15(20)18-14)17-16(21)22-9-10-5-2-1-3-6-10/h1-6,8,11-13H,7,9H2,(H,17,21)(H,18,19,20)/t11-,12+,13-/m1/s1. The maximum atomic E-state index is 11.9. The Morgan fingerprint density at radius 1 is 1.23 bits per heavy atom. The van der Waals surface area contributed by atoms with Crippen molar-refractivity contribution in [3.8, 4) is 0 Å². The fourth-order valence-electron chi connectivity index (χ4n) is 2.84. The second-order valence-corrected chi connectivity index (χ2v) is 5.38. The van der Waals surface area contributed by atoms with Crippen LogP contribution in [0.15, 0.2) is 42.5 Å². The first-order valence-corrected chi connectivity index (χ1v) is 7.14. The summed E-state index contributed by atoms with van der Waals surface area (Å²) in [5.74, 6) is -1.57. The maximum absolute atomic E-state index is 11.9. The molecule has 1 aliphatic heterocycles. The van der Waals surface area contributed by atoms with Gasteiger partial charge in [0.1, 0.15) is 6.61 Å². The molecule has 3 amide bonds. The minimum Gasteiger partial charge on any atom is -0.445 e. The van der Waals surface area contributed by atoms with E-state index < -0.39 is 24.0 Å². The van der Waals surface area contributed by atoms with E-state index >= 15 is 0 Å². The van der Waals surface area contributed by atoms with Gasteiger partial charge in [0.2, 0.25) is 11.8 Å². The molecule has 0 radical (unpaired) electrons. The molecular formula is C16H16N2O4. The molecule has 6 heteroatoms. The number of benzene rings is 1. The number of amides is 3. The summed E-state index contributed by atoms with van der Waals surface area (Å²) in [7, 11) is 0. The zero-order valence-corrected chi connectivity index (χ0v) is 11.8. The van der Waals surface area contributed by atoms with Crippen molar-refractivity contribution in [2.75, 3.05) is 0 Å². The van der Waals surface area contributed by atoms with Crippen LogP contribution in [0.5, 0.6) is 0 Å². The van der Waals surface area contributed by atoms with Crippen LogP contribution in [0, 0.1) is 11.8 Å². The van der Waals surface area contributed by atoms with Gasteiger partial charge < -0.3 is 10.1 Å². The van der Waals surface area contributed by atoms with Gasteiger partial charge in [-0.15, -0.1) is 0 Å². The molecule has 1 heterocycles. The second-order valence-electron chi connectivity index (χ2n) is 5.38. The lowest BCUT2D eigenvalue weighted by Gasteiger charge is -2.26. The van der Waals surface area contributed by atoms with Gasteiger partial charge in [0.15, 0.2) is 0 Å². The van der Waals surface area contributed by atoms with Crippen LogP contribution in [0.4, 0.5) is 4.79 Å². The lowest BCUT2D eigenvalue weighted by molar-refractivity contribution is -0.126. The number of carbonyl (C=O) groups is 3. The Morgan fingerprint density at radius 3 is 2.77 bits per heavy atom. The summed E-state index contributed by atoms with van der Waals surface area (Å²) >= 11 is 0. The zero-order valence-electron chi connectivity index (χ0n) is 11.8. The smallest absolute Gasteiger partial charge is 0.407 e. The molecule has 114 valence electrons. The van der Waals surface area contributed by atoms with Crippen LogP contribution in [0.3, 0.4) is 0 Å². The van der Waals surface area contributed by atoms with E-state index in [0.717, 1.165) is 5.56 Å². The molecule has 1 saturated heterocycles. The molecule has 0 unspecified atom stereocenters. The van der Waals surface area contributed by atoms with Crippen molar-refractivity contribution in [2.24, 2.45) is 11.8 Å². The topological polar surface area (TPSA) is 84.5 Å². The van der Waals surface area contributed by atoms with Gasteiger partial charge in [-0.2, -0.15) is 0 Å². The van der Waals surface area contributed by atoms with Crippen LogP contribution in [-0.2, 0) is 20.9 Å². The summed E-state index contributed by atoms with van der Waals surface area (Å²) in [6, 6.07) is 8.79. The van der Waals surface area contributed by atoms with Gasteiger partial charge in [0.05, 0.1) is 17.9 Å². The highest BCUT2D eigenvalue weighted by Crippen LogP contribution is 2.30. The van der Waals surface area contributed by atoms with Crippen molar-refractivity contribution in [3.63, 3.8) is 0 Å². The molecule has 2 N–H and O–H groups in total. The number of hydrogen-bond donors (Lipinski definition) is 2. The third-order valence-corrected chi connectivity index (χ3v) is 3.94. The van der Waals surface area contributed by atoms with Gasteiger partial charge in [-0.25, -0.2) is 4.79 Å². The molecule has 0 bridgehead atoms. The van der Waals surface area contributed by atoms with Crippen LogP contribution in [-0.4, -0.2) is 23.9 Å². The minimum absolute atomic E-state index is 0.155. The number of ether oxygens (including phenoxy) is 1.